The number of ether oxygens (including phenoxy) is 1. The number of rotatable bonds is 5. The molecule has 1 aromatic heterocycles. The predicted molar refractivity (Wildman–Crippen MR) is 83.3 cm³/mol. The molecule has 0 bridgehead atoms. The summed E-state index contributed by atoms with van der Waals surface area (Å²) < 4.78 is 4.67. The Hall–Kier alpha value is -1.82. The van der Waals surface area contributed by atoms with Gasteiger partial charge >= 0.3 is 5.97 Å². The third kappa shape index (κ3) is 3.85. The van der Waals surface area contributed by atoms with Crippen LogP contribution in [0.25, 0.3) is 0 Å². The van der Waals surface area contributed by atoms with Crippen LogP contribution in [0.5, 0.6) is 0 Å². The quantitative estimate of drug-likeness (QED) is 0.802. The number of esters is 1. The minimum atomic E-state index is -0.454. The summed E-state index contributed by atoms with van der Waals surface area (Å²) in [5.74, 6) is 0.682. The molecule has 0 aliphatic carbocycles. The lowest BCUT2D eigenvalue weighted by molar-refractivity contribution is 0.0594. The van der Waals surface area contributed by atoms with Gasteiger partial charge in [-0.3, -0.25) is 0 Å². The van der Waals surface area contributed by atoms with Gasteiger partial charge in [-0.05, 0) is 44.9 Å². The molecule has 1 aliphatic rings. The highest BCUT2D eigenvalue weighted by Gasteiger charge is 2.24. The van der Waals surface area contributed by atoms with Crippen LogP contribution in [0.4, 0.5) is 11.5 Å². The Morgan fingerprint density at radius 1 is 1.57 bits per heavy atom. The van der Waals surface area contributed by atoms with Crippen molar-refractivity contribution in [2.45, 2.75) is 26.3 Å². The molecular weight excluding hydrogens is 268 g/mol. The van der Waals surface area contributed by atoms with Gasteiger partial charge in [0, 0.05) is 19.1 Å². The van der Waals surface area contributed by atoms with Crippen molar-refractivity contribution in [1.29, 1.82) is 0 Å². The van der Waals surface area contributed by atoms with Gasteiger partial charge in [0.1, 0.15) is 5.82 Å². The smallest absolute Gasteiger partial charge is 0.356 e. The molecular formula is C15H24N4O2. The minimum Gasteiger partial charge on any atom is -0.464 e. The average Bonchev–Trinajstić information content (AvgIpc) is 2.94. The summed E-state index contributed by atoms with van der Waals surface area (Å²) in [6.45, 7) is 7.46. The van der Waals surface area contributed by atoms with E-state index in [1.54, 1.807) is 12.1 Å². The van der Waals surface area contributed by atoms with E-state index in [0.717, 1.165) is 19.6 Å². The first kappa shape index (κ1) is 15.6. The van der Waals surface area contributed by atoms with Crippen molar-refractivity contribution in [3.05, 3.63) is 17.8 Å². The lowest BCUT2D eigenvalue weighted by atomic mass is 10.1. The second-order valence-electron chi connectivity index (χ2n) is 5.75. The predicted octanol–water partition coefficient (Wildman–Crippen LogP) is 1.59. The molecule has 21 heavy (non-hydrogen) atoms. The number of aromatic nitrogens is 1. The van der Waals surface area contributed by atoms with Gasteiger partial charge in [-0.1, -0.05) is 0 Å². The number of pyridine rings is 1. The monoisotopic (exact) mass is 292 g/mol. The Morgan fingerprint density at radius 2 is 2.33 bits per heavy atom. The fourth-order valence-corrected chi connectivity index (χ4v) is 2.57. The summed E-state index contributed by atoms with van der Waals surface area (Å²) in [5.41, 5.74) is 6.71. The van der Waals surface area contributed by atoms with Crippen molar-refractivity contribution in [3.8, 4) is 0 Å². The SMILES string of the molecule is COC(=O)c1ccc(N)c(NCC2CCN(C(C)C)C2)n1. The van der Waals surface area contributed by atoms with Crippen molar-refractivity contribution in [2.24, 2.45) is 5.92 Å². The zero-order chi connectivity index (χ0) is 15.4. The molecule has 0 aromatic carbocycles. The number of hydrogen-bond donors (Lipinski definition) is 2. The van der Waals surface area contributed by atoms with Crippen molar-refractivity contribution in [1.82, 2.24) is 9.88 Å². The first-order valence-corrected chi connectivity index (χ1v) is 7.34. The van der Waals surface area contributed by atoms with E-state index in [9.17, 15) is 4.79 Å². The van der Waals surface area contributed by atoms with Gasteiger partial charge in [-0.2, -0.15) is 0 Å². The van der Waals surface area contributed by atoms with E-state index in [1.165, 1.54) is 13.5 Å². The lowest BCUT2D eigenvalue weighted by Crippen LogP contribution is -2.29. The highest BCUT2D eigenvalue weighted by atomic mass is 16.5. The second-order valence-corrected chi connectivity index (χ2v) is 5.75. The van der Waals surface area contributed by atoms with Gasteiger partial charge in [0.25, 0.3) is 0 Å². The molecule has 3 N–H and O–H groups in total. The molecule has 0 spiro atoms. The molecule has 1 saturated heterocycles. The standard InChI is InChI=1S/C15H24N4O2/c1-10(2)19-7-6-11(9-19)8-17-14-12(16)4-5-13(18-14)15(20)21-3/h4-5,10-11H,6-9,16H2,1-3H3,(H,17,18). The molecule has 2 rings (SSSR count). The Balaban J connectivity index is 1.95. The van der Waals surface area contributed by atoms with Crippen molar-refractivity contribution in [3.63, 3.8) is 0 Å². The van der Waals surface area contributed by atoms with E-state index >= 15 is 0 Å². The first-order valence-electron chi connectivity index (χ1n) is 7.34. The number of carbonyl (C=O) groups excluding carboxylic acids is 1. The number of nitrogens with zero attached hydrogens (tertiary/aromatic N) is 2. The first-order chi connectivity index (χ1) is 10.0. The summed E-state index contributed by atoms with van der Waals surface area (Å²) in [6.07, 6.45) is 1.17. The average molecular weight is 292 g/mol. The molecule has 6 heteroatoms. The fourth-order valence-electron chi connectivity index (χ4n) is 2.57. The Morgan fingerprint density at radius 3 is 2.95 bits per heavy atom. The van der Waals surface area contributed by atoms with Crippen LogP contribution in [0.3, 0.4) is 0 Å². The number of likely N-dealkylation sites (tertiary alicyclic amines) is 1. The van der Waals surface area contributed by atoms with Crippen LogP contribution in [0.1, 0.15) is 30.8 Å². The van der Waals surface area contributed by atoms with Crippen LogP contribution >= 0.6 is 0 Å². The van der Waals surface area contributed by atoms with E-state index in [4.69, 9.17) is 5.73 Å². The van der Waals surface area contributed by atoms with Crippen LogP contribution in [0.15, 0.2) is 12.1 Å². The maximum atomic E-state index is 11.5. The van der Waals surface area contributed by atoms with Gasteiger partial charge in [0.15, 0.2) is 5.69 Å². The maximum absolute atomic E-state index is 11.5. The Labute approximate surface area is 125 Å². The van der Waals surface area contributed by atoms with Gasteiger partial charge < -0.3 is 20.7 Å². The second kappa shape index (κ2) is 6.76. The highest BCUT2D eigenvalue weighted by molar-refractivity contribution is 5.88. The van der Waals surface area contributed by atoms with E-state index < -0.39 is 5.97 Å². The summed E-state index contributed by atoms with van der Waals surface area (Å²) in [4.78, 5) is 18.2. The van der Waals surface area contributed by atoms with Crippen LogP contribution in [-0.2, 0) is 4.74 Å². The Bertz CT molecular complexity index is 504. The highest BCUT2D eigenvalue weighted by Crippen LogP contribution is 2.21. The number of methoxy groups -OCH3 is 1. The van der Waals surface area contributed by atoms with Crippen LogP contribution in [0, 0.1) is 5.92 Å². The summed E-state index contributed by atoms with van der Waals surface area (Å²) in [7, 11) is 1.34. The number of hydrogen-bond acceptors (Lipinski definition) is 6. The van der Waals surface area contributed by atoms with E-state index in [0.29, 0.717) is 23.5 Å². The number of nitrogen functional groups attached to an aromatic ring is 1. The van der Waals surface area contributed by atoms with Crippen LogP contribution in [0.2, 0.25) is 0 Å². The summed E-state index contributed by atoms with van der Waals surface area (Å²) >= 11 is 0. The number of carbonyl (C=O) groups is 1. The van der Waals surface area contributed by atoms with Crippen molar-refractivity contribution < 1.29 is 9.53 Å². The number of nitrogens with two attached hydrogens (primary N) is 1. The van der Waals surface area contributed by atoms with Crippen molar-refractivity contribution >= 4 is 17.5 Å². The van der Waals surface area contributed by atoms with Crippen LogP contribution < -0.4 is 11.1 Å². The molecule has 0 radical (unpaired) electrons. The van der Waals surface area contributed by atoms with Crippen LogP contribution in [-0.4, -0.2) is 48.6 Å². The maximum Gasteiger partial charge on any atom is 0.356 e. The lowest BCUT2D eigenvalue weighted by Gasteiger charge is -2.20. The van der Waals surface area contributed by atoms with Gasteiger partial charge in [-0.25, -0.2) is 9.78 Å². The van der Waals surface area contributed by atoms with Gasteiger partial charge in [-0.15, -0.1) is 0 Å². The minimum absolute atomic E-state index is 0.268. The zero-order valence-corrected chi connectivity index (χ0v) is 12.9. The molecule has 1 aliphatic heterocycles. The topological polar surface area (TPSA) is 80.5 Å². The molecule has 1 unspecified atom stereocenters. The summed E-state index contributed by atoms with van der Waals surface area (Å²) in [6, 6.07) is 3.83. The normalized spacial score (nSPS) is 19.0. The molecule has 1 atom stereocenters. The Kier molecular flexibility index (Phi) is 5.01. The molecule has 2 heterocycles. The zero-order valence-electron chi connectivity index (χ0n) is 12.9. The van der Waals surface area contributed by atoms with E-state index in [1.807, 2.05) is 0 Å². The van der Waals surface area contributed by atoms with Crippen molar-refractivity contribution in [2.75, 3.05) is 37.8 Å². The molecule has 1 fully saturated rings. The third-order valence-corrected chi connectivity index (χ3v) is 3.93. The fraction of sp³-hybridized carbons (Fsp3) is 0.600. The van der Waals surface area contributed by atoms with E-state index in [-0.39, 0.29) is 5.69 Å². The number of anilines is 2. The molecule has 1 aromatic rings. The molecule has 6 nitrogen and oxygen atoms in total. The largest absolute Gasteiger partial charge is 0.464 e. The number of nitrogens with one attached hydrogen (secondary N) is 1. The molecule has 116 valence electrons. The molecule has 0 amide bonds. The third-order valence-electron chi connectivity index (χ3n) is 3.93. The van der Waals surface area contributed by atoms with Gasteiger partial charge in [0.2, 0.25) is 0 Å². The van der Waals surface area contributed by atoms with E-state index in [2.05, 4.69) is 33.8 Å². The van der Waals surface area contributed by atoms with Gasteiger partial charge in [0.05, 0.1) is 12.8 Å². The summed E-state index contributed by atoms with van der Waals surface area (Å²) in [5, 5.41) is 3.26. The molecule has 0 saturated carbocycles.